The van der Waals surface area contributed by atoms with Crippen LogP contribution in [0, 0.1) is 6.92 Å². The van der Waals surface area contributed by atoms with Gasteiger partial charge in [0.1, 0.15) is 5.75 Å². The van der Waals surface area contributed by atoms with E-state index in [9.17, 15) is 9.59 Å². The third kappa shape index (κ3) is 6.69. The molecular weight excluding hydrogens is 294 g/mol. The number of aryl methyl sites for hydroxylation is 1. The maximum absolute atomic E-state index is 11.9. The lowest BCUT2D eigenvalue weighted by Crippen LogP contribution is -2.46. The fourth-order valence-corrected chi connectivity index (χ4v) is 2.15. The van der Waals surface area contributed by atoms with E-state index in [2.05, 4.69) is 10.6 Å². The first kappa shape index (κ1) is 19.0. The molecule has 0 aliphatic rings. The molecule has 6 nitrogen and oxygen atoms in total. The SMILES string of the molecule is CC[C@@H](C)NC(=O)NC(=O)CN(C)Cc1cc(C)ccc1OC. The molecule has 1 aromatic carbocycles. The van der Waals surface area contributed by atoms with Crippen LogP contribution in [-0.4, -0.2) is 43.6 Å². The van der Waals surface area contributed by atoms with Gasteiger partial charge in [-0.2, -0.15) is 0 Å². The number of likely N-dealkylation sites (N-methyl/N-ethyl adjacent to an activating group) is 1. The second-order valence-electron chi connectivity index (χ2n) is 5.82. The number of benzene rings is 1. The second kappa shape index (κ2) is 9.15. The van der Waals surface area contributed by atoms with E-state index in [4.69, 9.17) is 4.74 Å². The highest BCUT2D eigenvalue weighted by Gasteiger charge is 2.13. The summed E-state index contributed by atoms with van der Waals surface area (Å²) in [5.74, 6) is 0.456. The number of nitrogens with zero attached hydrogens (tertiary/aromatic N) is 1. The number of hydrogen-bond donors (Lipinski definition) is 2. The van der Waals surface area contributed by atoms with Crippen LogP contribution in [0.25, 0.3) is 0 Å². The highest BCUT2D eigenvalue weighted by Crippen LogP contribution is 2.20. The number of methoxy groups -OCH3 is 1. The lowest BCUT2D eigenvalue weighted by molar-refractivity contribution is -0.121. The van der Waals surface area contributed by atoms with E-state index in [1.807, 2.05) is 50.9 Å². The molecule has 0 heterocycles. The zero-order valence-corrected chi connectivity index (χ0v) is 14.6. The Hall–Kier alpha value is -2.08. The minimum absolute atomic E-state index is 0.0390. The number of ether oxygens (including phenoxy) is 1. The molecule has 0 aliphatic heterocycles. The summed E-state index contributed by atoms with van der Waals surface area (Å²) in [6.45, 7) is 6.56. The fraction of sp³-hybridized carbons (Fsp3) is 0.529. The van der Waals surface area contributed by atoms with E-state index < -0.39 is 6.03 Å². The minimum atomic E-state index is -0.453. The predicted molar refractivity (Wildman–Crippen MR) is 90.5 cm³/mol. The van der Waals surface area contributed by atoms with Crippen LogP contribution in [-0.2, 0) is 11.3 Å². The Morgan fingerprint density at radius 1 is 1.35 bits per heavy atom. The van der Waals surface area contributed by atoms with Crippen molar-refractivity contribution in [3.05, 3.63) is 29.3 Å². The smallest absolute Gasteiger partial charge is 0.321 e. The summed E-state index contributed by atoms with van der Waals surface area (Å²) in [6.07, 6.45) is 0.814. The van der Waals surface area contributed by atoms with Crippen LogP contribution < -0.4 is 15.4 Å². The van der Waals surface area contributed by atoms with Gasteiger partial charge in [-0.1, -0.05) is 24.6 Å². The normalized spacial score (nSPS) is 11.9. The molecule has 1 atom stereocenters. The predicted octanol–water partition coefficient (Wildman–Crippen LogP) is 2.06. The molecule has 0 bridgehead atoms. The van der Waals surface area contributed by atoms with E-state index in [-0.39, 0.29) is 18.5 Å². The topological polar surface area (TPSA) is 70.7 Å². The molecular formula is C17H27N3O3. The van der Waals surface area contributed by atoms with E-state index in [1.54, 1.807) is 7.11 Å². The summed E-state index contributed by atoms with van der Waals surface area (Å²) >= 11 is 0. The molecule has 0 unspecified atom stereocenters. The van der Waals surface area contributed by atoms with E-state index in [1.165, 1.54) is 0 Å². The number of rotatable bonds is 7. The van der Waals surface area contributed by atoms with Crippen LogP contribution in [0.15, 0.2) is 18.2 Å². The monoisotopic (exact) mass is 321 g/mol. The summed E-state index contributed by atoms with van der Waals surface area (Å²) in [5.41, 5.74) is 2.14. The van der Waals surface area contributed by atoms with Crippen molar-refractivity contribution in [2.24, 2.45) is 0 Å². The molecule has 1 rings (SSSR count). The Kier molecular flexibility index (Phi) is 7.54. The molecule has 0 radical (unpaired) electrons. The van der Waals surface area contributed by atoms with Gasteiger partial charge in [0.2, 0.25) is 5.91 Å². The highest BCUT2D eigenvalue weighted by atomic mass is 16.5. The number of carbonyl (C=O) groups excluding carboxylic acids is 2. The van der Waals surface area contributed by atoms with Gasteiger partial charge in [-0.05, 0) is 33.4 Å². The quantitative estimate of drug-likeness (QED) is 0.806. The van der Waals surface area contributed by atoms with Gasteiger partial charge in [0, 0.05) is 18.2 Å². The first-order valence-electron chi connectivity index (χ1n) is 7.78. The van der Waals surface area contributed by atoms with Gasteiger partial charge in [0.25, 0.3) is 0 Å². The highest BCUT2D eigenvalue weighted by molar-refractivity contribution is 5.95. The molecule has 2 N–H and O–H groups in total. The molecule has 6 heteroatoms. The molecule has 1 aromatic rings. The summed E-state index contributed by atoms with van der Waals surface area (Å²) in [4.78, 5) is 25.4. The number of hydrogen-bond acceptors (Lipinski definition) is 4. The van der Waals surface area contributed by atoms with Gasteiger partial charge in [-0.15, -0.1) is 0 Å². The van der Waals surface area contributed by atoms with Gasteiger partial charge in [-0.3, -0.25) is 15.0 Å². The number of amides is 3. The third-order valence-corrected chi connectivity index (χ3v) is 3.53. The van der Waals surface area contributed by atoms with E-state index >= 15 is 0 Å². The molecule has 128 valence electrons. The summed E-state index contributed by atoms with van der Waals surface area (Å²) < 4.78 is 5.34. The van der Waals surface area contributed by atoms with Gasteiger partial charge < -0.3 is 10.1 Å². The third-order valence-electron chi connectivity index (χ3n) is 3.53. The van der Waals surface area contributed by atoms with Crippen LogP contribution in [0.5, 0.6) is 5.75 Å². The Bertz CT molecular complexity index is 546. The molecule has 0 saturated carbocycles. The van der Waals surface area contributed by atoms with Gasteiger partial charge in [-0.25, -0.2) is 4.79 Å². The Morgan fingerprint density at radius 2 is 2.04 bits per heavy atom. The van der Waals surface area contributed by atoms with Gasteiger partial charge >= 0.3 is 6.03 Å². The van der Waals surface area contributed by atoms with E-state index in [0.717, 1.165) is 23.3 Å². The maximum Gasteiger partial charge on any atom is 0.321 e. The largest absolute Gasteiger partial charge is 0.496 e. The van der Waals surface area contributed by atoms with Crippen molar-refractivity contribution in [1.82, 2.24) is 15.5 Å². The lowest BCUT2D eigenvalue weighted by Gasteiger charge is -2.19. The summed E-state index contributed by atoms with van der Waals surface area (Å²) in [7, 11) is 3.45. The maximum atomic E-state index is 11.9. The van der Waals surface area contributed by atoms with Crippen molar-refractivity contribution < 1.29 is 14.3 Å². The first-order valence-corrected chi connectivity index (χ1v) is 7.78. The van der Waals surface area contributed by atoms with Crippen molar-refractivity contribution in [2.75, 3.05) is 20.7 Å². The Balaban J connectivity index is 2.53. The zero-order chi connectivity index (χ0) is 17.4. The minimum Gasteiger partial charge on any atom is -0.496 e. The average molecular weight is 321 g/mol. The molecule has 0 aromatic heterocycles. The fourth-order valence-electron chi connectivity index (χ4n) is 2.15. The molecule has 0 spiro atoms. The standard InChI is InChI=1S/C17H27N3O3/c1-6-13(3)18-17(22)19-16(21)11-20(4)10-14-9-12(2)7-8-15(14)23-5/h7-9,13H,6,10-11H2,1-5H3,(H2,18,19,21,22)/t13-/m1/s1. The van der Waals surface area contributed by atoms with Gasteiger partial charge in [0.15, 0.2) is 0 Å². The average Bonchev–Trinajstić information content (AvgIpc) is 2.46. The van der Waals surface area contributed by atoms with Crippen LogP contribution in [0.2, 0.25) is 0 Å². The second-order valence-corrected chi connectivity index (χ2v) is 5.82. The Morgan fingerprint density at radius 3 is 2.65 bits per heavy atom. The number of imide groups is 1. The van der Waals surface area contributed by atoms with Crippen molar-refractivity contribution in [1.29, 1.82) is 0 Å². The zero-order valence-electron chi connectivity index (χ0n) is 14.6. The molecule has 0 aliphatic carbocycles. The molecule has 23 heavy (non-hydrogen) atoms. The van der Waals surface area contributed by atoms with E-state index in [0.29, 0.717) is 6.54 Å². The van der Waals surface area contributed by atoms with Crippen molar-refractivity contribution in [3.8, 4) is 5.75 Å². The molecule has 3 amide bonds. The number of nitrogens with one attached hydrogen (secondary N) is 2. The van der Waals surface area contributed by atoms with Crippen molar-refractivity contribution >= 4 is 11.9 Å². The van der Waals surface area contributed by atoms with Crippen LogP contribution in [0.4, 0.5) is 4.79 Å². The van der Waals surface area contributed by atoms with Crippen molar-refractivity contribution in [3.63, 3.8) is 0 Å². The summed E-state index contributed by atoms with van der Waals surface area (Å²) in [6, 6.07) is 5.51. The molecule has 0 fully saturated rings. The number of carbonyl (C=O) groups is 2. The first-order chi connectivity index (χ1) is 10.8. The summed E-state index contributed by atoms with van der Waals surface area (Å²) in [5, 5.41) is 5.04. The Labute approximate surface area is 138 Å². The van der Waals surface area contributed by atoms with Crippen molar-refractivity contribution in [2.45, 2.75) is 39.8 Å². The van der Waals surface area contributed by atoms with Gasteiger partial charge in [0.05, 0.1) is 13.7 Å². The van der Waals surface area contributed by atoms with Crippen LogP contribution in [0.3, 0.4) is 0 Å². The molecule has 0 saturated heterocycles. The number of urea groups is 1. The lowest BCUT2D eigenvalue weighted by atomic mass is 10.1. The van der Waals surface area contributed by atoms with Crippen LogP contribution in [0.1, 0.15) is 31.4 Å². The van der Waals surface area contributed by atoms with Crippen LogP contribution >= 0.6 is 0 Å².